The number of nitrogens with one attached hydrogen (secondary N) is 1. The first-order chi connectivity index (χ1) is 9.74. The van der Waals surface area contributed by atoms with Crippen molar-refractivity contribution in [1.29, 1.82) is 0 Å². The zero-order valence-corrected chi connectivity index (χ0v) is 12.5. The van der Waals surface area contributed by atoms with Crippen LogP contribution < -0.4 is 5.32 Å². The fraction of sp³-hybridized carbons (Fsp3) is 0.500. The van der Waals surface area contributed by atoms with Gasteiger partial charge in [0, 0.05) is 11.9 Å². The second kappa shape index (κ2) is 5.96. The van der Waals surface area contributed by atoms with Crippen molar-refractivity contribution in [3.05, 3.63) is 29.5 Å². The minimum atomic E-state index is 0.308. The van der Waals surface area contributed by atoms with Gasteiger partial charge in [-0.15, -0.1) is 0 Å². The van der Waals surface area contributed by atoms with Gasteiger partial charge in [-0.2, -0.15) is 0 Å². The minimum absolute atomic E-state index is 0.308. The van der Waals surface area contributed by atoms with E-state index in [9.17, 15) is 0 Å². The lowest BCUT2D eigenvalue weighted by molar-refractivity contribution is 0.268. The molecule has 0 bridgehead atoms. The molecule has 2 atom stereocenters. The van der Waals surface area contributed by atoms with Crippen LogP contribution in [0.1, 0.15) is 32.6 Å². The van der Waals surface area contributed by atoms with E-state index in [2.05, 4.69) is 22.2 Å². The van der Waals surface area contributed by atoms with Gasteiger partial charge in [-0.25, -0.2) is 9.97 Å². The highest BCUT2D eigenvalue weighted by atomic mass is 35.5. The monoisotopic (exact) mass is 289 g/mol. The number of fused-ring (bicyclic) bond motifs is 1. The molecule has 1 aromatic carbocycles. The number of rotatable bonds is 3. The number of hydrogen-bond acceptors (Lipinski definition) is 3. The molecule has 0 aliphatic heterocycles. The van der Waals surface area contributed by atoms with E-state index in [1.54, 1.807) is 0 Å². The first-order valence-corrected chi connectivity index (χ1v) is 7.78. The molecule has 20 heavy (non-hydrogen) atoms. The van der Waals surface area contributed by atoms with E-state index < -0.39 is 0 Å². The molecular weight excluding hydrogens is 270 g/mol. The fourth-order valence-corrected chi connectivity index (χ4v) is 3.28. The van der Waals surface area contributed by atoms with E-state index in [1.807, 2.05) is 24.3 Å². The van der Waals surface area contributed by atoms with Crippen LogP contribution in [-0.4, -0.2) is 16.5 Å². The van der Waals surface area contributed by atoms with E-state index in [4.69, 9.17) is 11.6 Å². The Morgan fingerprint density at radius 1 is 1.20 bits per heavy atom. The van der Waals surface area contributed by atoms with Crippen molar-refractivity contribution in [2.24, 2.45) is 11.8 Å². The van der Waals surface area contributed by atoms with Crippen LogP contribution in [0.25, 0.3) is 10.9 Å². The molecule has 0 saturated heterocycles. The second-order valence-corrected chi connectivity index (χ2v) is 6.10. The predicted octanol–water partition coefficient (Wildman–Crippen LogP) is 4.52. The Morgan fingerprint density at radius 2 is 2.00 bits per heavy atom. The summed E-state index contributed by atoms with van der Waals surface area (Å²) in [4.78, 5) is 8.61. The third-order valence-electron chi connectivity index (χ3n) is 4.40. The maximum atomic E-state index is 6.01. The molecule has 1 fully saturated rings. The normalized spacial score (nSPS) is 22.9. The summed E-state index contributed by atoms with van der Waals surface area (Å²) in [6.07, 6.45) is 5.38. The molecule has 3 rings (SSSR count). The Hall–Kier alpha value is -1.35. The highest BCUT2D eigenvalue weighted by Gasteiger charge is 2.21. The number of para-hydroxylation sites is 1. The van der Waals surface area contributed by atoms with Gasteiger partial charge in [0.2, 0.25) is 5.28 Å². The zero-order chi connectivity index (χ0) is 13.9. The summed E-state index contributed by atoms with van der Waals surface area (Å²) >= 11 is 6.01. The highest BCUT2D eigenvalue weighted by Crippen LogP contribution is 2.30. The van der Waals surface area contributed by atoms with Gasteiger partial charge in [-0.1, -0.05) is 38.3 Å². The van der Waals surface area contributed by atoms with Crippen LogP contribution in [0.5, 0.6) is 0 Å². The van der Waals surface area contributed by atoms with Crippen molar-refractivity contribution in [1.82, 2.24) is 9.97 Å². The van der Waals surface area contributed by atoms with Gasteiger partial charge in [0.05, 0.1) is 5.52 Å². The second-order valence-electron chi connectivity index (χ2n) is 5.76. The molecule has 3 nitrogen and oxygen atoms in total. The third-order valence-corrected chi connectivity index (χ3v) is 4.57. The topological polar surface area (TPSA) is 37.8 Å². The standard InChI is InChI=1S/C16H20ClN3/c1-11-6-2-3-7-12(11)10-18-15-13-8-4-5-9-14(13)19-16(17)20-15/h4-5,8-9,11-12H,2-3,6-7,10H2,1H3,(H,18,19,20). The summed E-state index contributed by atoms with van der Waals surface area (Å²) in [5.74, 6) is 2.38. The number of nitrogens with zero attached hydrogens (tertiary/aromatic N) is 2. The molecule has 0 radical (unpaired) electrons. The Labute approximate surface area is 124 Å². The molecule has 0 spiro atoms. The van der Waals surface area contributed by atoms with Crippen molar-refractivity contribution >= 4 is 28.3 Å². The van der Waals surface area contributed by atoms with Crippen LogP contribution in [0.4, 0.5) is 5.82 Å². The first kappa shape index (κ1) is 13.6. The number of aromatic nitrogens is 2. The van der Waals surface area contributed by atoms with Crippen LogP contribution in [-0.2, 0) is 0 Å². The molecule has 2 unspecified atom stereocenters. The molecular formula is C16H20ClN3. The molecule has 106 valence electrons. The Balaban J connectivity index is 1.80. The van der Waals surface area contributed by atoms with Crippen molar-refractivity contribution in [2.45, 2.75) is 32.6 Å². The van der Waals surface area contributed by atoms with Crippen molar-refractivity contribution < 1.29 is 0 Å². The quantitative estimate of drug-likeness (QED) is 0.844. The molecule has 1 N–H and O–H groups in total. The van der Waals surface area contributed by atoms with Crippen molar-refractivity contribution in [3.8, 4) is 0 Å². The van der Waals surface area contributed by atoms with Crippen molar-refractivity contribution in [2.75, 3.05) is 11.9 Å². The predicted molar refractivity (Wildman–Crippen MR) is 84.2 cm³/mol. The Morgan fingerprint density at radius 3 is 2.85 bits per heavy atom. The summed E-state index contributed by atoms with van der Waals surface area (Å²) in [5, 5.41) is 4.84. The van der Waals surface area contributed by atoms with E-state index in [0.717, 1.165) is 35.1 Å². The molecule has 4 heteroatoms. The summed E-state index contributed by atoms with van der Waals surface area (Å²) < 4.78 is 0. The number of halogens is 1. The summed E-state index contributed by atoms with van der Waals surface area (Å²) in [5.41, 5.74) is 0.895. The summed E-state index contributed by atoms with van der Waals surface area (Å²) in [7, 11) is 0. The maximum Gasteiger partial charge on any atom is 0.224 e. The van der Waals surface area contributed by atoms with Gasteiger partial charge in [-0.05, 0) is 42.0 Å². The zero-order valence-electron chi connectivity index (χ0n) is 11.8. The Bertz CT molecular complexity index is 599. The lowest BCUT2D eigenvalue weighted by Gasteiger charge is -2.29. The average Bonchev–Trinajstić information content (AvgIpc) is 2.46. The molecule has 1 saturated carbocycles. The average molecular weight is 290 g/mol. The molecule has 1 heterocycles. The number of benzene rings is 1. The number of anilines is 1. The van der Waals surface area contributed by atoms with Gasteiger partial charge in [0.15, 0.2) is 0 Å². The van der Waals surface area contributed by atoms with E-state index in [1.165, 1.54) is 25.7 Å². The SMILES string of the molecule is CC1CCCCC1CNc1nc(Cl)nc2ccccc12. The van der Waals surface area contributed by atoms with Crippen LogP contribution >= 0.6 is 11.6 Å². The summed E-state index contributed by atoms with van der Waals surface area (Å²) in [6.45, 7) is 3.33. The smallest absolute Gasteiger partial charge is 0.224 e. The number of hydrogen-bond donors (Lipinski definition) is 1. The van der Waals surface area contributed by atoms with Crippen LogP contribution in [0, 0.1) is 11.8 Å². The maximum absolute atomic E-state index is 6.01. The molecule has 0 amide bonds. The van der Waals surface area contributed by atoms with Gasteiger partial charge < -0.3 is 5.32 Å². The van der Waals surface area contributed by atoms with Gasteiger partial charge >= 0.3 is 0 Å². The van der Waals surface area contributed by atoms with E-state index >= 15 is 0 Å². The largest absolute Gasteiger partial charge is 0.369 e. The van der Waals surface area contributed by atoms with Crippen LogP contribution in [0.2, 0.25) is 5.28 Å². The minimum Gasteiger partial charge on any atom is -0.369 e. The highest BCUT2D eigenvalue weighted by molar-refractivity contribution is 6.28. The van der Waals surface area contributed by atoms with Gasteiger partial charge in [-0.3, -0.25) is 0 Å². The van der Waals surface area contributed by atoms with Crippen LogP contribution in [0.3, 0.4) is 0 Å². The first-order valence-electron chi connectivity index (χ1n) is 7.40. The molecule has 1 aliphatic carbocycles. The van der Waals surface area contributed by atoms with Gasteiger partial charge in [0.1, 0.15) is 5.82 Å². The fourth-order valence-electron chi connectivity index (χ4n) is 3.11. The summed E-state index contributed by atoms with van der Waals surface area (Å²) in [6, 6.07) is 7.99. The molecule has 1 aliphatic rings. The molecule has 1 aromatic heterocycles. The lowest BCUT2D eigenvalue weighted by Crippen LogP contribution is -2.24. The van der Waals surface area contributed by atoms with E-state index in [-0.39, 0.29) is 0 Å². The third kappa shape index (κ3) is 2.88. The Kier molecular flexibility index (Phi) is 4.06. The van der Waals surface area contributed by atoms with Crippen molar-refractivity contribution in [3.63, 3.8) is 0 Å². The van der Waals surface area contributed by atoms with Crippen LogP contribution in [0.15, 0.2) is 24.3 Å². The molecule has 2 aromatic rings. The van der Waals surface area contributed by atoms with E-state index in [0.29, 0.717) is 5.28 Å². The lowest BCUT2D eigenvalue weighted by atomic mass is 9.80. The van der Waals surface area contributed by atoms with Gasteiger partial charge in [0.25, 0.3) is 0 Å².